The second-order valence-corrected chi connectivity index (χ2v) is 6.42. The van der Waals surface area contributed by atoms with Crippen LogP contribution in [0, 0.1) is 17.4 Å². The molecule has 0 aliphatic heterocycles. The summed E-state index contributed by atoms with van der Waals surface area (Å²) < 4.78 is 0.992. The van der Waals surface area contributed by atoms with E-state index in [1.807, 2.05) is 44.2 Å². The maximum Gasteiger partial charge on any atom is 0.259 e. The van der Waals surface area contributed by atoms with Gasteiger partial charge >= 0.3 is 0 Å². The van der Waals surface area contributed by atoms with Crippen LogP contribution < -0.4 is 10.7 Å². The highest BCUT2D eigenvalue weighted by molar-refractivity contribution is 14.1. The standard InChI is InChI=1S/C17H18IN3O2/c1-11-3-5-15(6-4-11)19-10-16(22)21-20-9-13-8-14(18)7-12(2)17(13)23/h3-9,19,23H,10H2,1-2H3,(H,21,22). The van der Waals surface area contributed by atoms with Gasteiger partial charge in [-0.3, -0.25) is 4.79 Å². The Labute approximate surface area is 148 Å². The number of phenolic OH excluding ortho intramolecular Hbond substituents is 1. The summed E-state index contributed by atoms with van der Waals surface area (Å²) in [5, 5.41) is 16.8. The number of carbonyl (C=O) groups is 1. The van der Waals surface area contributed by atoms with Crippen LogP contribution in [0.25, 0.3) is 0 Å². The fourth-order valence-electron chi connectivity index (χ4n) is 1.93. The Kier molecular flexibility index (Phi) is 5.97. The molecule has 120 valence electrons. The molecule has 0 radical (unpaired) electrons. The van der Waals surface area contributed by atoms with Crippen LogP contribution in [0.1, 0.15) is 16.7 Å². The molecule has 2 aromatic rings. The van der Waals surface area contributed by atoms with Crippen LogP contribution in [-0.4, -0.2) is 23.8 Å². The van der Waals surface area contributed by atoms with E-state index < -0.39 is 0 Å². The predicted molar refractivity (Wildman–Crippen MR) is 101 cm³/mol. The highest BCUT2D eigenvalue weighted by Gasteiger charge is 2.04. The highest BCUT2D eigenvalue weighted by atomic mass is 127. The van der Waals surface area contributed by atoms with Gasteiger partial charge in [-0.25, -0.2) is 5.43 Å². The number of hydrogen-bond acceptors (Lipinski definition) is 4. The summed E-state index contributed by atoms with van der Waals surface area (Å²) in [5.74, 6) is -0.0927. The van der Waals surface area contributed by atoms with Crippen LogP contribution in [0.5, 0.6) is 5.75 Å². The lowest BCUT2D eigenvalue weighted by atomic mass is 10.1. The molecule has 0 atom stereocenters. The largest absolute Gasteiger partial charge is 0.507 e. The SMILES string of the molecule is Cc1ccc(NCC(=O)NN=Cc2cc(I)cc(C)c2O)cc1. The molecular formula is C17H18IN3O2. The molecule has 0 spiro atoms. The van der Waals surface area contributed by atoms with E-state index in [0.29, 0.717) is 5.56 Å². The molecule has 0 aromatic heterocycles. The van der Waals surface area contributed by atoms with E-state index in [4.69, 9.17) is 0 Å². The smallest absolute Gasteiger partial charge is 0.259 e. The normalized spacial score (nSPS) is 10.7. The number of aromatic hydroxyl groups is 1. The van der Waals surface area contributed by atoms with Crippen LogP contribution in [-0.2, 0) is 4.79 Å². The van der Waals surface area contributed by atoms with Crippen LogP contribution in [0.3, 0.4) is 0 Å². The predicted octanol–water partition coefficient (Wildman–Crippen LogP) is 3.18. The lowest BCUT2D eigenvalue weighted by Gasteiger charge is -2.06. The number of hydrazone groups is 1. The molecule has 1 amide bonds. The monoisotopic (exact) mass is 423 g/mol. The van der Waals surface area contributed by atoms with Gasteiger partial charge in [0.25, 0.3) is 5.91 Å². The van der Waals surface area contributed by atoms with Crippen molar-refractivity contribution >= 4 is 40.4 Å². The van der Waals surface area contributed by atoms with Crippen molar-refractivity contribution in [1.29, 1.82) is 0 Å². The van der Waals surface area contributed by atoms with Crippen molar-refractivity contribution in [3.8, 4) is 5.75 Å². The maximum atomic E-state index is 11.7. The number of hydrogen-bond donors (Lipinski definition) is 3. The van der Waals surface area contributed by atoms with E-state index >= 15 is 0 Å². The molecule has 0 saturated heterocycles. The fraction of sp³-hybridized carbons (Fsp3) is 0.176. The zero-order chi connectivity index (χ0) is 16.8. The summed E-state index contributed by atoms with van der Waals surface area (Å²) in [6, 6.07) is 11.4. The van der Waals surface area contributed by atoms with Gasteiger partial charge in [0, 0.05) is 14.8 Å². The first-order chi connectivity index (χ1) is 11.0. The second-order valence-electron chi connectivity index (χ2n) is 5.17. The van der Waals surface area contributed by atoms with Crippen LogP contribution >= 0.6 is 22.6 Å². The van der Waals surface area contributed by atoms with Crippen molar-refractivity contribution in [1.82, 2.24) is 5.43 Å². The molecule has 0 heterocycles. The van der Waals surface area contributed by atoms with Gasteiger partial charge in [0.05, 0.1) is 12.8 Å². The minimum Gasteiger partial charge on any atom is -0.507 e. The van der Waals surface area contributed by atoms with Gasteiger partial charge in [-0.2, -0.15) is 5.10 Å². The minimum absolute atomic E-state index is 0.123. The number of aryl methyl sites for hydroxylation is 2. The lowest BCUT2D eigenvalue weighted by molar-refractivity contribution is -0.119. The number of nitrogens with zero attached hydrogens (tertiary/aromatic N) is 1. The Morgan fingerprint density at radius 1 is 1.26 bits per heavy atom. The van der Waals surface area contributed by atoms with E-state index in [2.05, 4.69) is 38.4 Å². The van der Waals surface area contributed by atoms with Crippen molar-refractivity contribution in [2.45, 2.75) is 13.8 Å². The third-order valence-electron chi connectivity index (χ3n) is 3.19. The average Bonchev–Trinajstić information content (AvgIpc) is 2.51. The molecule has 0 bridgehead atoms. The number of nitrogens with one attached hydrogen (secondary N) is 2. The maximum absolute atomic E-state index is 11.7. The molecule has 3 N–H and O–H groups in total. The third-order valence-corrected chi connectivity index (χ3v) is 3.82. The molecule has 23 heavy (non-hydrogen) atoms. The summed E-state index contributed by atoms with van der Waals surface area (Å²) in [5.41, 5.74) is 5.81. The average molecular weight is 423 g/mol. The number of carbonyl (C=O) groups excluding carboxylic acids is 1. The van der Waals surface area contributed by atoms with E-state index in [0.717, 1.165) is 20.4 Å². The summed E-state index contributed by atoms with van der Waals surface area (Å²) in [7, 11) is 0. The molecule has 0 unspecified atom stereocenters. The summed E-state index contributed by atoms with van der Waals surface area (Å²) in [4.78, 5) is 11.7. The molecular weight excluding hydrogens is 405 g/mol. The summed E-state index contributed by atoms with van der Waals surface area (Å²) in [6.07, 6.45) is 1.44. The third kappa shape index (κ3) is 5.24. The molecule has 6 heteroatoms. The van der Waals surface area contributed by atoms with Crippen molar-refractivity contribution in [3.05, 3.63) is 56.7 Å². The first-order valence-corrected chi connectivity index (χ1v) is 8.15. The van der Waals surface area contributed by atoms with Crippen LogP contribution in [0.4, 0.5) is 5.69 Å². The zero-order valence-corrected chi connectivity index (χ0v) is 15.1. The van der Waals surface area contributed by atoms with E-state index in [1.165, 1.54) is 6.21 Å². The van der Waals surface area contributed by atoms with Crippen molar-refractivity contribution < 1.29 is 9.90 Å². The van der Waals surface area contributed by atoms with Crippen molar-refractivity contribution in [2.24, 2.45) is 5.10 Å². The Balaban J connectivity index is 1.88. The van der Waals surface area contributed by atoms with Gasteiger partial charge in [-0.1, -0.05) is 17.7 Å². The van der Waals surface area contributed by atoms with Gasteiger partial charge in [0.15, 0.2) is 0 Å². The summed E-state index contributed by atoms with van der Waals surface area (Å²) >= 11 is 2.16. The van der Waals surface area contributed by atoms with Crippen LogP contribution in [0.15, 0.2) is 41.5 Å². The summed E-state index contributed by atoms with van der Waals surface area (Å²) in [6.45, 7) is 3.95. The molecule has 0 fully saturated rings. The molecule has 5 nitrogen and oxygen atoms in total. The van der Waals surface area contributed by atoms with Gasteiger partial charge < -0.3 is 10.4 Å². The lowest BCUT2D eigenvalue weighted by Crippen LogP contribution is -2.25. The minimum atomic E-state index is -0.260. The van der Waals surface area contributed by atoms with Gasteiger partial charge in [0.2, 0.25) is 0 Å². The number of halogens is 1. The molecule has 2 aromatic carbocycles. The Morgan fingerprint density at radius 3 is 2.65 bits per heavy atom. The molecule has 0 saturated carbocycles. The Morgan fingerprint density at radius 2 is 1.96 bits per heavy atom. The number of rotatable bonds is 5. The van der Waals surface area contributed by atoms with E-state index in [9.17, 15) is 9.90 Å². The van der Waals surface area contributed by atoms with Gasteiger partial charge in [-0.15, -0.1) is 0 Å². The van der Waals surface area contributed by atoms with Gasteiger partial charge in [-0.05, 0) is 66.3 Å². The first kappa shape index (κ1) is 17.3. The Hall–Kier alpha value is -2.09. The zero-order valence-electron chi connectivity index (χ0n) is 12.9. The topological polar surface area (TPSA) is 73.7 Å². The number of anilines is 1. The van der Waals surface area contributed by atoms with Crippen molar-refractivity contribution in [2.75, 3.05) is 11.9 Å². The fourth-order valence-corrected chi connectivity index (χ4v) is 2.73. The first-order valence-electron chi connectivity index (χ1n) is 7.07. The van der Waals surface area contributed by atoms with E-state index in [-0.39, 0.29) is 18.2 Å². The number of amides is 1. The van der Waals surface area contributed by atoms with Gasteiger partial charge in [0.1, 0.15) is 5.75 Å². The van der Waals surface area contributed by atoms with Crippen LogP contribution in [0.2, 0.25) is 0 Å². The highest BCUT2D eigenvalue weighted by Crippen LogP contribution is 2.23. The number of benzene rings is 2. The second kappa shape index (κ2) is 7.96. The number of phenols is 1. The molecule has 2 rings (SSSR count). The quantitative estimate of drug-likeness (QED) is 0.393. The Bertz CT molecular complexity index is 727. The van der Waals surface area contributed by atoms with Crippen molar-refractivity contribution in [3.63, 3.8) is 0 Å². The molecule has 0 aliphatic rings. The molecule has 0 aliphatic carbocycles. The van der Waals surface area contributed by atoms with E-state index in [1.54, 1.807) is 6.07 Å².